The van der Waals surface area contributed by atoms with Gasteiger partial charge in [0.15, 0.2) is 0 Å². The third-order valence-electron chi connectivity index (χ3n) is 8.57. The molecule has 2 heterocycles. The van der Waals surface area contributed by atoms with Crippen LogP contribution in [-0.4, -0.2) is 56.8 Å². The summed E-state index contributed by atoms with van der Waals surface area (Å²) in [7, 11) is 1.73. The predicted molar refractivity (Wildman–Crippen MR) is 122 cm³/mol. The van der Waals surface area contributed by atoms with E-state index in [1.165, 1.54) is 18.4 Å². The van der Waals surface area contributed by atoms with Crippen LogP contribution in [0.15, 0.2) is 36.4 Å². The Bertz CT molecular complexity index is 847. The number of allylic oxidation sites excluding steroid dienone is 1. The van der Waals surface area contributed by atoms with Crippen molar-refractivity contribution < 1.29 is 14.3 Å². The van der Waals surface area contributed by atoms with Crippen molar-refractivity contribution in [1.29, 1.82) is 0 Å². The van der Waals surface area contributed by atoms with Gasteiger partial charge in [-0.2, -0.15) is 0 Å². The van der Waals surface area contributed by atoms with Crippen LogP contribution >= 0.6 is 0 Å². The fourth-order valence-corrected chi connectivity index (χ4v) is 6.81. The number of hydrogen-bond acceptors (Lipinski definition) is 5. The van der Waals surface area contributed by atoms with Crippen molar-refractivity contribution in [3.8, 4) is 5.75 Å². The number of carbonyl (C=O) groups is 1. The first-order valence-electron chi connectivity index (χ1n) is 12.0. The maximum atomic E-state index is 12.9. The number of para-hydroxylation sites is 2. The van der Waals surface area contributed by atoms with Crippen LogP contribution in [0.4, 0.5) is 5.69 Å². The number of fused-ring (bicyclic) bond motifs is 2. The SMILES string of the molecule is C=C1CCCC2(C)CC3OC(=O)C(CN4CCN(c5ccccc5OC)CC4)C3CC12. The topological polar surface area (TPSA) is 42.0 Å². The summed E-state index contributed by atoms with van der Waals surface area (Å²) in [5.41, 5.74) is 2.84. The smallest absolute Gasteiger partial charge is 0.310 e. The second kappa shape index (κ2) is 8.16. The summed E-state index contributed by atoms with van der Waals surface area (Å²) in [4.78, 5) is 17.7. The number of methoxy groups -OCH3 is 1. The van der Waals surface area contributed by atoms with Gasteiger partial charge in [-0.3, -0.25) is 9.69 Å². The van der Waals surface area contributed by atoms with Gasteiger partial charge in [0.05, 0.1) is 18.7 Å². The molecular weight excluding hydrogens is 388 g/mol. The Balaban J connectivity index is 1.23. The fraction of sp³-hybridized carbons (Fsp3) is 0.654. The van der Waals surface area contributed by atoms with Gasteiger partial charge in [0.2, 0.25) is 0 Å². The minimum Gasteiger partial charge on any atom is -0.495 e. The molecule has 2 saturated heterocycles. The molecule has 0 bridgehead atoms. The second-order valence-corrected chi connectivity index (χ2v) is 10.4. The summed E-state index contributed by atoms with van der Waals surface area (Å²) in [5, 5.41) is 0. The van der Waals surface area contributed by atoms with E-state index in [1.807, 2.05) is 12.1 Å². The lowest BCUT2D eigenvalue weighted by Crippen LogP contribution is -2.50. The second-order valence-electron chi connectivity index (χ2n) is 10.4. The molecule has 2 saturated carbocycles. The van der Waals surface area contributed by atoms with Gasteiger partial charge in [-0.15, -0.1) is 0 Å². The Kier molecular flexibility index (Phi) is 5.49. The van der Waals surface area contributed by atoms with Crippen molar-refractivity contribution in [3.05, 3.63) is 36.4 Å². The number of piperazine rings is 1. The number of esters is 1. The van der Waals surface area contributed by atoms with Gasteiger partial charge < -0.3 is 14.4 Å². The molecule has 2 aliphatic carbocycles. The highest BCUT2D eigenvalue weighted by molar-refractivity contribution is 5.75. The molecule has 0 N–H and O–H groups in total. The monoisotopic (exact) mass is 424 g/mol. The van der Waals surface area contributed by atoms with E-state index < -0.39 is 0 Å². The zero-order chi connectivity index (χ0) is 21.6. The van der Waals surface area contributed by atoms with Gasteiger partial charge >= 0.3 is 5.97 Å². The van der Waals surface area contributed by atoms with Crippen LogP contribution in [0.3, 0.4) is 0 Å². The van der Waals surface area contributed by atoms with E-state index in [4.69, 9.17) is 9.47 Å². The molecular formula is C26H36N2O3. The molecule has 5 heteroatoms. The summed E-state index contributed by atoms with van der Waals surface area (Å²) in [5.74, 6) is 1.89. The van der Waals surface area contributed by atoms with Crippen molar-refractivity contribution in [1.82, 2.24) is 4.90 Å². The first-order chi connectivity index (χ1) is 15.0. The maximum absolute atomic E-state index is 12.9. The van der Waals surface area contributed by atoms with Crippen LogP contribution in [0.1, 0.15) is 39.0 Å². The summed E-state index contributed by atoms with van der Waals surface area (Å²) in [6, 6.07) is 8.22. The van der Waals surface area contributed by atoms with Crippen LogP contribution in [0, 0.1) is 23.2 Å². The zero-order valence-corrected chi connectivity index (χ0v) is 19.0. The van der Waals surface area contributed by atoms with Crippen molar-refractivity contribution >= 4 is 11.7 Å². The van der Waals surface area contributed by atoms with Crippen molar-refractivity contribution in [2.45, 2.75) is 45.1 Å². The summed E-state index contributed by atoms with van der Waals surface area (Å²) >= 11 is 0. The molecule has 168 valence electrons. The minimum absolute atomic E-state index is 0.0158. The Morgan fingerprint density at radius 2 is 2.00 bits per heavy atom. The van der Waals surface area contributed by atoms with E-state index in [1.54, 1.807) is 7.11 Å². The van der Waals surface area contributed by atoms with E-state index in [0.29, 0.717) is 11.8 Å². The lowest BCUT2D eigenvalue weighted by atomic mass is 9.55. The Labute approximate surface area is 186 Å². The third kappa shape index (κ3) is 3.75. The third-order valence-corrected chi connectivity index (χ3v) is 8.57. The highest BCUT2D eigenvalue weighted by atomic mass is 16.6. The average Bonchev–Trinajstić information content (AvgIpc) is 3.06. The lowest BCUT2D eigenvalue weighted by Gasteiger charge is -2.50. The van der Waals surface area contributed by atoms with Crippen LogP contribution < -0.4 is 9.64 Å². The molecule has 5 unspecified atom stereocenters. The number of hydrogen-bond donors (Lipinski definition) is 0. The first kappa shape index (κ1) is 20.9. The lowest BCUT2D eigenvalue weighted by molar-refractivity contribution is -0.146. The van der Waals surface area contributed by atoms with Gasteiger partial charge in [0, 0.05) is 38.6 Å². The molecule has 0 aromatic heterocycles. The molecule has 1 aromatic carbocycles. The van der Waals surface area contributed by atoms with Gasteiger partial charge in [-0.25, -0.2) is 0 Å². The molecule has 31 heavy (non-hydrogen) atoms. The number of carbonyl (C=O) groups excluding carboxylic acids is 1. The van der Waals surface area contributed by atoms with Crippen molar-refractivity contribution in [2.24, 2.45) is 23.2 Å². The number of anilines is 1. The van der Waals surface area contributed by atoms with Gasteiger partial charge in [-0.05, 0) is 55.6 Å². The van der Waals surface area contributed by atoms with Gasteiger partial charge in [0.25, 0.3) is 0 Å². The molecule has 0 spiro atoms. The van der Waals surface area contributed by atoms with E-state index >= 15 is 0 Å². The normalized spacial score (nSPS) is 36.0. The van der Waals surface area contributed by atoms with Crippen molar-refractivity contribution in [3.63, 3.8) is 0 Å². The average molecular weight is 425 g/mol. The van der Waals surface area contributed by atoms with Crippen LogP contribution in [0.5, 0.6) is 5.75 Å². The standard InChI is InChI=1S/C26H36N2O3/c1-18-7-6-10-26(2)16-24-19(15-21(18)26)20(25(29)31-24)17-27-11-13-28(14-12-27)22-8-4-5-9-23(22)30-3/h4-5,8-9,19-21,24H,1,6-7,10-17H2,2-3H3. The molecule has 5 atom stereocenters. The summed E-state index contributed by atoms with van der Waals surface area (Å²) < 4.78 is 11.5. The first-order valence-corrected chi connectivity index (χ1v) is 12.0. The van der Waals surface area contributed by atoms with E-state index in [2.05, 4.69) is 35.4 Å². The zero-order valence-electron chi connectivity index (χ0n) is 19.0. The van der Waals surface area contributed by atoms with E-state index in [9.17, 15) is 4.79 Å². The van der Waals surface area contributed by atoms with Crippen LogP contribution in [0.25, 0.3) is 0 Å². The largest absolute Gasteiger partial charge is 0.495 e. The fourth-order valence-electron chi connectivity index (χ4n) is 6.81. The molecule has 0 amide bonds. The summed E-state index contributed by atoms with van der Waals surface area (Å²) in [6.45, 7) is 11.5. The quantitative estimate of drug-likeness (QED) is 0.537. The molecule has 5 rings (SSSR count). The molecule has 5 nitrogen and oxygen atoms in total. The molecule has 0 radical (unpaired) electrons. The van der Waals surface area contributed by atoms with Crippen LogP contribution in [0.2, 0.25) is 0 Å². The van der Waals surface area contributed by atoms with Crippen LogP contribution in [-0.2, 0) is 9.53 Å². The van der Waals surface area contributed by atoms with E-state index in [0.717, 1.165) is 63.4 Å². The molecule has 4 fully saturated rings. The minimum atomic E-state index is 0.0158. The number of rotatable bonds is 4. The number of benzene rings is 1. The molecule has 1 aromatic rings. The molecule has 2 aliphatic heterocycles. The van der Waals surface area contributed by atoms with Gasteiger partial charge in [-0.1, -0.05) is 31.2 Å². The highest BCUT2D eigenvalue weighted by Gasteiger charge is 2.55. The van der Waals surface area contributed by atoms with Crippen molar-refractivity contribution in [2.75, 3.05) is 44.7 Å². The van der Waals surface area contributed by atoms with Gasteiger partial charge in [0.1, 0.15) is 11.9 Å². The maximum Gasteiger partial charge on any atom is 0.310 e. The highest BCUT2D eigenvalue weighted by Crippen LogP contribution is 2.57. The number of ether oxygens (including phenoxy) is 2. The predicted octanol–water partition coefficient (Wildman–Crippen LogP) is 4.13. The Morgan fingerprint density at radius 3 is 2.77 bits per heavy atom. The number of nitrogens with zero attached hydrogens (tertiary/aromatic N) is 2. The Hall–Kier alpha value is -2.01. The molecule has 4 aliphatic rings. The summed E-state index contributed by atoms with van der Waals surface area (Å²) in [6.07, 6.45) is 5.84. The Morgan fingerprint density at radius 1 is 1.23 bits per heavy atom. The van der Waals surface area contributed by atoms with E-state index in [-0.39, 0.29) is 23.4 Å².